The van der Waals surface area contributed by atoms with Gasteiger partial charge in [-0.05, 0) is 34.7 Å². The van der Waals surface area contributed by atoms with Gasteiger partial charge in [-0.1, -0.05) is 0 Å². The second-order valence-corrected chi connectivity index (χ2v) is 4.08. The highest BCUT2D eigenvalue weighted by Gasteiger charge is 2.35. The monoisotopic (exact) mass is 258 g/mol. The van der Waals surface area contributed by atoms with Crippen molar-refractivity contribution in [3.8, 4) is 5.88 Å². The van der Waals surface area contributed by atoms with Gasteiger partial charge in [0.2, 0.25) is 0 Å². The van der Waals surface area contributed by atoms with Crippen LogP contribution in [0.2, 0.25) is 0 Å². The molecule has 1 saturated carbocycles. The molecule has 0 radical (unpaired) electrons. The van der Waals surface area contributed by atoms with Crippen LogP contribution in [0.1, 0.15) is 24.3 Å². The Balaban J connectivity index is 2.62. The van der Waals surface area contributed by atoms with E-state index < -0.39 is 10.8 Å². The van der Waals surface area contributed by atoms with E-state index in [9.17, 15) is 15.2 Å². The van der Waals surface area contributed by atoms with Crippen molar-refractivity contribution in [1.82, 2.24) is 4.98 Å². The van der Waals surface area contributed by atoms with Crippen molar-refractivity contribution in [1.29, 1.82) is 0 Å². The summed E-state index contributed by atoms with van der Waals surface area (Å²) >= 11 is 3.21. The number of aromatic hydroxyl groups is 1. The van der Waals surface area contributed by atoms with Gasteiger partial charge in [0, 0.05) is 10.7 Å². The second kappa shape index (κ2) is 3.20. The molecular formula is C8H7BrN2O3. The average molecular weight is 259 g/mol. The summed E-state index contributed by atoms with van der Waals surface area (Å²) in [6, 6.07) is 0. The van der Waals surface area contributed by atoms with Crippen LogP contribution in [-0.2, 0) is 0 Å². The fraction of sp³-hybridized carbons (Fsp3) is 0.375. The maximum Gasteiger partial charge on any atom is 0.335 e. The van der Waals surface area contributed by atoms with Gasteiger partial charge in [0.05, 0.1) is 10.5 Å². The van der Waals surface area contributed by atoms with Gasteiger partial charge in [-0.15, -0.1) is 0 Å². The summed E-state index contributed by atoms with van der Waals surface area (Å²) in [5.41, 5.74) is 0.310. The first-order valence-corrected chi connectivity index (χ1v) is 4.92. The van der Waals surface area contributed by atoms with Gasteiger partial charge in [-0.25, -0.2) is 4.98 Å². The highest BCUT2D eigenvalue weighted by molar-refractivity contribution is 9.10. The molecule has 0 spiro atoms. The van der Waals surface area contributed by atoms with E-state index in [1.807, 2.05) is 0 Å². The zero-order valence-corrected chi connectivity index (χ0v) is 8.69. The maximum absolute atomic E-state index is 10.7. The summed E-state index contributed by atoms with van der Waals surface area (Å²) in [5.74, 6) is -0.307. The third kappa shape index (κ3) is 1.45. The largest absolute Gasteiger partial charge is 0.488 e. The van der Waals surface area contributed by atoms with Crippen molar-refractivity contribution < 1.29 is 10.0 Å². The summed E-state index contributed by atoms with van der Waals surface area (Å²) in [5, 5.41) is 20.0. The first-order chi connectivity index (χ1) is 6.61. The zero-order chi connectivity index (χ0) is 10.3. The molecule has 1 N–H and O–H groups in total. The Labute approximate surface area is 88.1 Å². The Bertz CT molecular complexity index is 404. The molecule has 0 amide bonds. The highest BCUT2D eigenvalue weighted by Crippen LogP contribution is 2.49. The number of aromatic nitrogens is 1. The second-order valence-electron chi connectivity index (χ2n) is 3.22. The molecule has 1 aliphatic rings. The Morgan fingerprint density at radius 2 is 2.29 bits per heavy atom. The van der Waals surface area contributed by atoms with Crippen molar-refractivity contribution in [2.24, 2.45) is 0 Å². The van der Waals surface area contributed by atoms with Gasteiger partial charge in [0.15, 0.2) is 0 Å². The predicted octanol–water partition coefficient (Wildman–Crippen LogP) is 2.34. The molecule has 1 aliphatic carbocycles. The van der Waals surface area contributed by atoms with Crippen LogP contribution in [0.3, 0.4) is 0 Å². The molecule has 1 aromatic heterocycles. The molecule has 14 heavy (non-hydrogen) atoms. The summed E-state index contributed by atoms with van der Waals surface area (Å²) in [6.07, 6.45) is 3.27. The molecule has 6 heteroatoms. The van der Waals surface area contributed by atoms with Crippen molar-refractivity contribution in [2.45, 2.75) is 18.8 Å². The normalized spacial score (nSPS) is 15.5. The maximum atomic E-state index is 10.7. The molecule has 0 unspecified atom stereocenters. The molecule has 74 valence electrons. The fourth-order valence-electron chi connectivity index (χ4n) is 1.42. The summed E-state index contributed by atoms with van der Waals surface area (Å²) in [4.78, 5) is 13.7. The minimum atomic E-state index is -0.583. The van der Waals surface area contributed by atoms with Crippen LogP contribution in [0.5, 0.6) is 5.88 Å². The van der Waals surface area contributed by atoms with E-state index in [1.54, 1.807) is 0 Å². The van der Waals surface area contributed by atoms with Crippen LogP contribution < -0.4 is 0 Å². The Morgan fingerprint density at radius 1 is 1.64 bits per heavy atom. The Kier molecular flexibility index (Phi) is 2.14. The minimum Gasteiger partial charge on any atom is -0.488 e. The van der Waals surface area contributed by atoms with E-state index in [1.165, 1.54) is 6.20 Å². The molecule has 2 rings (SSSR count). The van der Waals surface area contributed by atoms with Crippen LogP contribution in [-0.4, -0.2) is 15.0 Å². The summed E-state index contributed by atoms with van der Waals surface area (Å²) in [6.45, 7) is 0. The van der Waals surface area contributed by atoms with E-state index in [0.717, 1.165) is 12.8 Å². The lowest BCUT2D eigenvalue weighted by atomic mass is 10.1. The number of hydrogen-bond donors (Lipinski definition) is 1. The van der Waals surface area contributed by atoms with E-state index in [0.29, 0.717) is 10.0 Å². The first kappa shape index (κ1) is 9.39. The molecule has 0 aromatic carbocycles. The fourth-order valence-corrected chi connectivity index (χ4v) is 2.04. The molecule has 5 nitrogen and oxygen atoms in total. The average Bonchev–Trinajstić information content (AvgIpc) is 2.91. The summed E-state index contributed by atoms with van der Waals surface area (Å²) < 4.78 is 0.601. The third-order valence-electron chi connectivity index (χ3n) is 2.19. The smallest absolute Gasteiger partial charge is 0.335 e. The molecule has 0 bridgehead atoms. The number of nitrogens with zero attached hydrogens (tertiary/aromatic N) is 2. The number of rotatable bonds is 2. The standard InChI is InChI=1S/C8H7BrN2O3/c9-5-3-10-8(12)7(11(13)14)6(5)4-1-2-4/h3-4H,1-2H2,(H,10,12). The van der Waals surface area contributed by atoms with Crippen LogP contribution in [0.4, 0.5) is 5.69 Å². The molecule has 0 aliphatic heterocycles. The molecule has 0 saturated heterocycles. The lowest BCUT2D eigenvalue weighted by molar-refractivity contribution is -0.387. The van der Waals surface area contributed by atoms with E-state index in [-0.39, 0.29) is 11.6 Å². The number of hydrogen-bond acceptors (Lipinski definition) is 4. The van der Waals surface area contributed by atoms with Crippen molar-refractivity contribution in [2.75, 3.05) is 0 Å². The quantitative estimate of drug-likeness (QED) is 0.653. The first-order valence-electron chi connectivity index (χ1n) is 4.13. The van der Waals surface area contributed by atoms with Gasteiger partial charge < -0.3 is 5.11 Å². The van der Waals surface area contributed by atoms with Crippen LogP contribution in [0.15, 0.2) is 10.7 Å². The SMILES string of the molecule is O=[N+]([O-])c1c(O)ncc(Br)c1C1CC1. The lowest BCUT2D eigenvalue weighted by Crippen LogP contribution is -1.97. The third-order valence-corrected chi connectivity index (χ3v) is 2.82. The lowest BCUT2D eigenvalue weighted by Gasteiger charge is -2.03. The van der Waals surface area contributed by atoms with Gasteiger partial charge in [0.1, 0.15) is 0 Å². The number of pyridine rings is 1. The van der Waals surface area contributed by atoms with E-state index in [4.69, 9.17) is 0 Å². The topological polar surface area (TPSA) is 76.3 Å². The van der Waals surface area contributed by atoms with E-state index in [2.05, 4.69) is 20.9 Å². The molecule has 1 aromatic rings. The summed E-state index contributed by atoms with van der Waals surface area (Å²) in [7, 11) is 0. The van der Waals surface area contributed by atoms with Crippen LogP contribution >= 0.6 is 15.9 Å². The predicted molar refractivity (Wildman–Crippen MR) is 52.2 cm³/mol. The minimum absolute atomic E-state index is 0.193. The zero-order valence-electron chi connectivity index (χ0n) is 7.11. The Morgan fingerprint density at radius 3 is 2.79 bits per heavy atom. The van der Waals surface area contributed by atoms with Gasteiger partial charge in [0.25, 0.3) is 5.88 Å². The van der Waals surface area contributed by atoms with Gasteiger partial charge >= 0.3 is 5.69 Å². The molecule has 0 atom stereocenters. The molecule has 1 heterocycles. The Hall–Kier alpha value is -1.17. The van der Waals surface area contributed by atoms with Crippen molar-refractivity contribution in [3.05, 3.63) is 26.3 Å². The van der Waals surface area contributed by atoms with Crippen LogP contribution in [0, 0.1) is 10.1 Å². The van der Waals surface area contributed by atoms with Gasteiger partial charge in [-0.2, -0.15) is 0 Å². The molecule has 1 fully saturated rings. The number of halogens is 1. The molecular weight excluding hydrogens is 252 g/mol. The van der Waals surface area contributed by atoms with E-state index >= 15 is 0 Å². The van der Waals surface area contributed by atoms with Crippen molar-refractivity contribution in [3.63, 3.8) is 0 Å². The van der Waals surface area contributed by atoms with Crippen molar-refractivity contribution >= 4 is 21.6 Å². The van der Waals surface area contributed by atoms with Gasteiger partial charge in [-0.3, -0.25) is 10.1 Å². The highest BCUT2D eigenvalue weighted by atomic mass is 79.9. The van der Waals surface area contributed by atoms with Crippen LogP contribution in [0.25, 0.3) is 0 Å². The number of nitro groups is 1.